The Kier molecular flexibility index (Phi) is 2.53. The molecule has 0 spiro atoms. The molecule has 80 valence electrons. The molecular weight excluding hydrogens is 184 g/mol. The third kappa shape index (κ3) is 1.55. The van der Waals surface area contributed by atoms with Gasteiger partial charge in [0.05, 0.1) is 0 Å². The molecule has 0 atom stereocenters. The van der Waals surface area contributed by atoms with Gasteiger partial charge in [-0.15, -0.1) is 0 Å². The Hall–Kier alpha value is -1.28. The van der Waals surface area contributed by atoms with Crippen LogP contribution in [0.25, 0.3) is 10.9 Å². The summed E-state index contributed by atoms with van der Waals surface area (Å²) < 4.78 is 2.26. The zero-order valence-electron chi connectivity index (χ0n) is 9.89. The summed E-state index contributed by atoms with van der Waals surface area (Å²) in [6.45, 7) is 5.30. The van der Waals surface area contributed by atoms with Gasteiger partial charge in [-0.3, -0.25) is 0 Å². The molecule has 0 amide bonds. The first-order valence-corrected chi connectivity index (χ1v) is 5.34. The fraction of sp³-hybridized carbons (Fsp3) is 0.385. The van der Waals surface area contributed by atoms with Crippen LogP contribution in [0.2, 0.25) is 0 Å². The van der Waals surface area contributed by atoms with Crippen molar-refractivity contribution in [2.24, 2.45) is 7.05 Å². The zero-order valence-corrected chi connectivity index (χ0v) is 9.89. The van der Waals surface area contributed by atoms with Crippen LogP contribution in [0, 0.1) is 13.8 Å². The van der Waals surface area contributed by atoms with Gasteiger partial charge in [-0.25, -0.2) is 0 Å². The van der Waals surface area contributed by atoms with Crippen LogP contribution in [-0.4, -0.2) is 11.6 Å². The van der Waals surface area contributed by atoms with Gasteiger partial charge in [0, 0.05) is 30.2 Å². The fourth-order valence-corrected chi connectivity index (χ4v) is 2.12. The van der Waals surface area contributed by atoms with Crippen LogP contribution in [0.1, 0.15) is 16.8 Å². The largest absolute Gasteiger partial charge is 0.348 e. The molecule has 0 bridgehead atoms. The van der Waals surface area contributed by atoms with Gasteiger partial charge in [0.1, 0.15) is 0 Å². The van der Waals surface area contributed by atoms with Gasteiger partial charge in [-0.05, 0) is 44.2 Å². The molecular formula is C13H18N2. The molecule has 0 saturated carbocycles. The minimum atomic E-state index is 0.934. The van der Waals surface area contributed by atoms with E-state index in [1.807, 2.05) is 7.05 Å². The van der Waals surface area contributed by atoms with Crippen molar-refractivity contribution in [2.45, 2.75) is 20.4 Å². The highest BCUT2D eigenvalue weighted by Crippen LogP contribution is 2.24. The van der Waals surface area contributed by atoms with E-state index < -0.39 is 0 Å². The molecule has 2 heteroatoms. The normalized spacial score (nSPS) is 11.2. The van der Waals surface area contributed by atoms with Crippen LogP contribution in [0.5, 0.6) is 0 Å². The molecule has 0 radical (unpaired) electrons. The molecule has 1 heterocycles. The van der Waals surface area contributed by atoms with Crippen molar-refractivity contribution in [3.05, 3.63) is 35.0 Å². The standard InChI is InChI=1S/C13H18N2/c1-9-10(2)15(4)13-6-5-11(8-14-3)7-12(9)13/h5-7,14H,8H2,1-4H3. The summed E-state index contributed by atoms with van der Waals surface area (Å²) in [5, 5.41) is 4.56. The Morgan fingerprint density at radius 2 is 2.00 bits per heavy atom. The number of fused-ring (bicyclic) bond motifs is 1. The quantitative estimate of drug-likeness (QED) is 0.791. The number of benzene rings is 1. The van der Waals surface area contributed by atoms with Crippen molar-refractivity contribution >= 4 is 10.9 Å². The second-order valence-corrected chi connectivity index (χ2v) is 4.15. The number of nitrogens with zero attached hydrogens (tertiary/aromatic N) is 1. The average Bonchev–Trinajstić information content (AvgIpc) is 2.45. The predicted octanol–water partition coefficient (Wildman–Crippen LogP) is 2.51. The maximum Gasteiger partial charge on any atom is 0.0482 e. The molecule has 0 aliphatic carbocycles. The van der Waals surface area contributed by atoms with E-state index >= 15 is 0 Å². The van der Waals surface area contributed by atoms with Crippen LogP contribution >= 0.6 is 0 Å². The smallest absolute Gasteiger partial charge is 0.0482 e. The van der Waals surface area contributed by atoms with E-state index in [-0.39, 0.29) is 0 Å². The first-order valence-electron chi connectivity index (χ1n) is 5.34. The second kappa shape index (κ2) is 3.70. The van der Waals surface area contributed by atoms with Gasteiger partial charge in [-0.2, -0.15) is 0 Å². The summed E-state index contributed by atoms with van der Waals surface area (Å²) in [6, 6.07) is 6.69. The molecule has 1 N–H and O–H groups in total. The highest BCUT2D eigenvalue weighted by atomic mass is 14.9. The Morgan fingerprint density at radius 1 is 1.27 bits per heavy atom. The summed E-state index contributed by atoms with van der Waals surface area (Å²) in [7, 11) is 4.11. The summed E-state index contributed by atoms with van der Waals surface area (Å²) in [5.41, 5.74) is 5.42. The lowest BCUT2D eigenvalue weighted by Gasteiger charge is -2.01. The van der Waals surface area contributed by atoms with E-state index in [0.717, 1.165) is 6.54 Å². The minimum absolute atomic E-state index is 0.934. The SMILES string of the molecule is CNCc1ccc2c(c1)c(C)c(C)n2C. The van der Waals surface area contributed by atoms with E-state index in [1.54, 1.807) is 0 Å². The fourth-order valence-electron chi connectivity index (χ4n) is 2.12. The molecule has 0 saturated heterocycles. The lowest BCUT2D eigenvalue weighted by atomic mass is 10.1. The predicted molar refractivity (Wildman–Crippen MR) is 65.2 cm³/mol. The van der Waals surface area contributed by atoms with E-state index in [1.165, 1.54) is 27.7 Å². The summed E-state index contributed by atoms with van der Waals surface area (Å²) >= 11 is 0. The highest BCUT2D eigenvalue weighted by Gasteiger charge is 2.07. The number of aromatic nitrogens is 1. The Labute approximate surface area is 90.9 Å². The van der Waals surface area contributed by atoms with Crippen molar-refractivity contribution in [3.63, 3.8) is 0 Å². The molecule has 0 unspecified atom stereocenters. The van der Waals surface area contributed by atoms with Crippen molar-refractivity contribution in [2.75, 3.05) is 7.05 Å². The highest BCUT2D eigenvalue weighted by molar-refractivity contribution is 5.85. The number of rotatable bonds is 2. The van der Waals surface area contributed by atoms with Gasteiger partial charge in [0.2, 0.25) is 0 Å². The number of hydrogen-bond acceptors (Lipinski definition) is 1. The van der Waals surface area contributed by atoms with Crippen LogP contribution in [0.3, 0.4) is 0 Å². The molecule has 2 nitrogen and oxygen atoms in total. The molecule has 1 aromatic carbocycles. The van der Waals surface area contributed by atoms with Crippen molar-refractivity contribution < 1.29 is 0 Å². The monoisotopic (exact) mass is 202 g/mol. The number of aryl methyl sites for hydroxylation is 2. The Bertz CT molecular complexity index is 495. The van der Waals surface area contributed by atoms with Crippen LogP contribution in [0.4, 0.5) is 0 Å². The van der Waals surface area contributed by atoms with Crippen molar-refractivity contribution in [1.82, 2.24) is 9.88 Å². The second-order valence-electron chi connectivity index (χ2n) is 4.15. The molecule has 1 aromatic heterocycles. The third-order valence-electron chi connectivity index (χ3n) is 3.25. The Morgan fingerprint density at radius 3 is 2.67 bits per heavy atom. The first-order chi connectivity index (χ1) is 7.15. The molecule has 2 aromatic rings. The van der Waals surface area contributed by atoms with Crippen LogP contribution in [0.15, 0.2) is 18.2 Å². The van der Waals surface area contributed by atoms with Crippen molar-refractivity contribution in [3.8, 4) is 0 Å². The minimum Gasteiger partial charge on any atom is -0.348 e. The maximum absolute atomic E-state index is 3.18. The molecule has 0 aliphatic rings. The van der Waals surface area contributed by atoms with Gasteiger partial charge in [0.25, 0.3) is 0 Å². The third-order valence-corrected chi connectivity index (χ3v) is 3.25. The number of hydrogen-bond donors (Lipinski definition) is 1. The van der Waals surface area contributed by atoms with E-state index in [2.05, 4.69) is 49.0 Å². The summed E-state index contributed by atoms with van der Waals surface area (Å²) in [4.78, 5) is 0. The first kappa shape index (κ1) is 10.2. The van der Waals surface area contributed by atoms with E-state index in [9.17, 15) is 0 Å². The van der Waals surface area contributed by atoms with Gasteiger partial charge in [0.15, 0.2) is 0 Å². The Balaban J connectivity index is 2.66. The average molecular weight is 202 g/mol. The maximum atomic E-state index is 3.18. The van der Waals surface area contributed by atoms with Gasteiger partial charge in [-0.1, -0.05) is 6.07 Å². The lowest BCUT2D eigenvalue weighted by molar-refractivity contribution is 0.819. The lowest BCUT2D eigenvalue weighted by Crippen LogP contribution is -2.04. The van der Waals surface area contributed by atoms with Crippen LogP contribution in [-0.2, 0) is 13.6 Å². The van der Waals surface area contributed by atoms with Gasteiger partial charge >= 0.3 is 0 Å². The topological polar surface area (TPSA) is 17.0 Å². The summed E-state index contributed by atoms with van der Waals surface area (Å²) in [6.07, 6.45) is 0. The zero-order chi connectivity index (χ0) is 11.0. The van der Waals surface area contributed by atoms with E-state index in [0.29, 0.717) is 0 Å². The molecule has 15 heavy (non-hydrogen) atoms. The van der Waals surface area contributed by atoms with E-state index in [4.69, 9.17) is 0 Å². The van der Waals surface area contributed by atoms with Crippen molar-refractivity contribution in [1.29, 1.82) is 0 Å². The molecule has 0 aliphatic heterocycles. The summed E-state index contributed by atoms with van der Waals surface area (Å²) in [5.74, 6) is 0. The van der Waals surface area contributed by atoms with Gasteiger partial charge < -0.3 is 9.88 Å². The molecule has 2 rings (SSSR count). The van der Waals surface area contributed by atoms with Crippen LogP contribution < -0.4 is 5.32 Å². The molecule has 0 fully saturated rings. The number of nitrogens with one attached hydrogen (secondary N) is 1.